The van der Waals surface area contributed by atoms with Crippen molar-refractivity contribution >= 4 is 23.3 Å². The van der Waals surface area contributed by atoms with Crippen molar-refractivity contribution < 1.29 is 44.0 Å². The molecular weight excluding hydrogens is 479 g/mol. The summed E-state index contributed by atoms with van der Waals surface area (Å²) in [5.41, 5.74) is 11.5. The van der Waals surface area contributed by atoms with Crippen LogP contribution in [0.4, 0.5) is 0 Å². The van der Waals surface area contributed by atoms with Crippen LogP contribution in [-0.4, -0.2) is 0 Å². The molecule has 0 amide bonds. The van der Waals surface area contributed by atoms with Gasteiger partial charge in [-0.1, -0.05) is 0 Å². The molecule has 0 aromatic heterocycles. The number of halogens is 2. The largest absolute Gasteiger partial charge is 1.00 e. The first kappa shape index (κ1) is 23.8. The molecule has 3 heteroatoms. The molecule has 160 valence electrons. The van der Waals surface area contributed by atoms with E-state index in [0.717, 1.165) is 0 Å². The van der Waals surface area contributed by atoms with Gasteiger partial charge in [0, 0.05) is 0 Å². The summed E-state index contributed by atoms with van der Waals surface area (Å²) in [5.74, 6) is 0. The van der Waals surface area contributed by atoms with Crippen molar-refractivity contribution in [2.45, 2.75) is 8.45 Å². The average Bonchev–Trinajstić information content (AvgIpc) is 3.40. The first-order chi connectivity index (χ1) is 15.4. The van der Waals surface area contributed by atoms with Crippen LogP contribution in [0.5, 0.6) is 0 Å². The summed E-state index contributed by atoms with van der Waals surface area (Å²) in [6, 6.07) is 40.0. The number of hydrogen-bond acceptors (Lipinski definition) is 0. The van der Waals surface area contributed by atoms with Gasteiger partial charge in [0.1, 0.15) is 0 Å². The van der Waals surface area contributed by atoms with E-state index in [4.69, 9.17) is 0 Å². The Bertz CT molecular complexity index is 1210. The Morgan fingerprint density at radius 1 is 0.424 bits per heavy atom. The van der Waals surface area contributed by atoms with Crippen LogP contribution in [-0.2, 0) is 19.2 Å². The summed E-state index contributed by atoms with van der Waals surface area (Å²) >= 11 is -0.407. The summed E-state index contributed by atoms with van der Waals surface area (Å²) < 4.78 is 1.03. The molecule has 0 fully saturated rings. The maximum Gasteiger partial charge on any atom is -1.00 e. The van der Waals surface area contributed by atoms with Crippen molar-refractivity contribution in [3.8, 4) is 0 Å². The zero-order chi connectivity index (χ0) is 20.6. The Morgan fingerprint density at radius 3 is 1.21 bits per heavy atom. The third kappa shape index (κ3) is 4.42. The van der Waals surface area contributed by atoms with Gasteiger partial charge in [0.25, 0.3) is 0 Å². The van der Waals surface area contributed by atoms with Crippen LogP contribution >= 0.6 is 0 Å². The molecule has 0 radical (unpaired) electrons. The summed E-state index contributed by atoms with van der Waals surface area (Å²) in [5, 5.41) is 0. The molecule has 0 aliphatic heterocycles. The van der Waals surface area contributed by atoms with E-state index < -0.39 is 19.2 Å². The van der Waals surface area contributed by atoms with Crippen LogP contribution in [0.2, 0.25) is 0 Å². The molecule has 2 aliphatic carbocycles. The molecule has 2 atom stereocenters. The topological polar surface area (TPSA) is 0 Å². The number of allylic oxidation sites excluding steroid dienone is 2. The van der Waals surface area contributed by atoms with Crippen molar-refractivity contribution in [2.24, 2.45) is 0 Å². The van der Waals surface area contributed by atoms with Crippen LogP contribution in [0.15, 0.2) is 109 Å². The van der Waals surface area contributed by atoms with E-state index in [-0.39, 0.29) is 24.8 Å². The van der Waals surface area contributed by atoms with Gasteiger partial charge < -0.3 is 24.8 Å². The first-order valence-corrected chi connectivity index (χ1v) is 12.7. The predicted octanol–water partition coefficient (Wildman–Crippen LogP) is 1.67. The van der Waals surface area contributed by atoms with Gasteiger partial charge in [-0.2, -0.15) is 0 Å². The Labute approximate surface area is 217 Å². The monoisotopic (exact) mass is 500 g/mol. The van der Waals surface area contributed by atoms with Crippen molar-refractivity contribution in [3.63, 3.8) is 0 Å². The Hall–Kier alpha value is -2.35. The minimum absolute atomic E-state index is 0. The second kappa shape index (κ2) is 10.3. The van der Waals surface area contributed by atoms with Gasteiger partial charge in [-0.05, 0) is 0 Å². The molecule has 0 nitrogen and oxygen atoms in total. The van der Waals surface area contributed by atoms with Crippen molar-refractivity contribution in [3.05, 3.63) is 143 Å². The molecule has 0 spiro atoms. The average molecular weight is 501 g/mol. The van der Waals surface area contributed by atoms with E-state index in [1.54, 1.807) is 0 Å². The fraction of sp³-hybridized carbons (Fsp3) is 0.0667. The molecular formula is C30H22Cl2Ti. The van der Waals surface area contributed by atoms with Gasteiger partial charge in [0.15, 0.2) is 0 Å². The summed E-state index contributed by atoms with van der Waals surface area (Å²) in [6.45, 7) is 0. The molecule has 0 saturated carbocycles. The molecule has 33 heavy (non-hydrogen) atoms. The van der Waals surface area contributed by atoms with Crippen molar-refractivity contribution in [2.75, 3.05) is 0 Å². The number of hydrogen-bond donors (Lipinski definition) is 0. The normalized spacial score (nSPS) is 17.5. The van der Waals surface area contributed by atoms with E-state index in [1.165, 1.54) is 44.5 Å². The van der Waals surface area contributed by atoms with Gasteiger partial charge in [-0.25, -0.2) is 0 Å². The third-order valence-corrected chi connectivity index (χ3v) is 9.39. The summed E-state index contributed by atoms with van der Waals surface area (Å²) in [7, 11) is 0. The third-order valence-electron chi connectivity index (χ3n) is 6.41. The fourth-order valence-corrected chi connectivity index (χ4v) is 8.18. The van der Waals surface area contributed by atoms with E-state index in [9.17, 15) is 0 Å². The first-order valence-electron chi connectivity index (χ1n) is 10.9. The van der Waals surface area contributed by atoms with Gasteiger partial charge in [0.05, 0.1) is 0 Å². The zero-order valence-corrected chi connectivity index (χ0v) is 21.0. The van der Waals surface area contributed by atoms with Gasteiger partial charge in [-0.3, -0.25) is 0 Å². The summed E-state index contributed by atoms with van der Waals surface area (Å²) in [4.78, 5) is 0. The van der Waals surface area contributed by atoms with E-state index in [2.05, 4.69) is 121 Å². The van der Waals surface area contributed by atoms with E-state index in [1.807, 2.05) is 0 Å². The van der Waals surface area contributed by atoms with Crippen molar-refractivity contribution in [1.29, 1.82) is 0 Å². The molecule has 0 heterocycles. The minimum Gasteiger partial charge on any atom is -1.00 e. The Balaban J connectivity index is 0.00000130. The number of rotatable bonds is 4. The molecule has 2 unspecified atom stereocenters. The quantitative estimate of drug-likeness (QED) is 0.374. The zero-order valence-electron chi connectivity index (χ0n) is 18.0. The van der Waals surface area contributed by atoms with Crippen LogP contribution in [0, 0.1) is 0 Å². The standard InChI is InChI=1S/2C15H11.2ClH.Ti/c2*1-2-6-12(7-3-1)15-10-13-8-4-5-9-14(13)11-15;;;/h2*1-11H;2*1H;/q;;;;+2/p-2. The molecule has 0 N–H and O–H groups in total. The molecule has 0 bridgehead atoms. The molecule has 0 saturated heterocycles. The number of benzene rings is 4. The van der Waals surface area contributed by atoms with Gasteiger partial charge in [-0.15, -0.1) is 0 Å². The van der Waals surface area contributed by atoms with Crippen LogP contribution in [0.1, 0.15) is 41.8 Å². The maximum absolute atomic E-state index is 2.44. The fourth-order valence-electron chi connectivity index (χ4n) is 4.93. The predicted molar refractivity (Wildman–Crippen MR) is 127 cm³/mol. The van der Waals surface area contributed by atoms with Crippen molar-refractivity contribution in [1.82, 2.24) is 0 Å². The Kier molecular flexibility index (Phi) is 7.42. The maximum atomic E-state index is 2.44. The molecule has 6 rings (SSSR count). The Morgan fingerprint density at radius 2 is 0.788 bits per heavy atom. The van der Waals surface area contributed by atoms with Crippen LogP contribution in [0.25, 0.3) is 23.3 Å². The molecule has 2 aliphatic rings. The smallest absolute Gasteiger partial charge is 1.00 e. The second-order valence-corrected chi connectivity index (χ2v) is 10.5. The van der Waals surface area contributed by atoms with Gasteiger partial charge in [0.2, 0.25) is 0 Å². The molecule has 4 aromatic carbocycles. The van der Waals surface area contributed by atoms with E-state index >= 15 is 0 Å². The van der Waals surface area contributed by atoms with Crippen LogP contribution in [0.3, 0.4) is 0 Å². The van der Waals surface area contributed by atoms with Gasteiger partial charge >= 0.3 is 193 Å². The SMILES string of the molecule is C1=C(c2ccccc2)[CH]([Ti+2][CH]2C(c3ccccc3)=Cc3ccccc32)c2ccccc21.[Cl-].[Cl-]. The van der Waals surface area contributed by atoms with Crippen LogP contribution < -0.4 is 24.8 Å². The van der Waals surface area contributed by atoms with E-state index in [0.29, 0.717) is 8.45 Å². The molecule has 4 aromatic rings. The minimum atomic E-state index is -0.407. The number of fused-ring (bicyclic) bond motifs is 2. The summed E-state index contributed by atoms with van der Waals surface area (Å²) in [6.07, 6.45) is 4.87. The second-order valence-electron chi connectivity index (χ2n) is 8.22.